The van der Waals surface area contributed by atoms with E-state index in [1.807, 2.05) is 25.2 Å². The Morgan fingerprint density at radius 1 is 1.11 bits per heavy atom. The van der Waals surface area contributed by atoms with Crippen molar-refractivity contribution >= 4 is 23.0 Å². The van der Waals surface area contributed by atoms with Crippen LogP contribution in [0, 0.1) is 6.92 Å². The van der Waals surface area contributed by atoms with Gasteiger partial charge in [-0.3, -0.25) is 0 Å². The molecule has 0 unspecified atom stereocenters. The van der Waals surface area contributed by atoms with Gasteiger partial charge in [-0.15, -0.1) is 0 Å². The summed E-state index contributed by atoms with van der Waals surface area (Å²) in [5.41, 5.74) is 4.65. The van der Waals surface area contributed by atoms with E-state index in [2.05, 4.69) is 41.8 Å². The Balaban J connectivity index is 2.06. The lowest BCUT2D eigenvalue weighted by molar-refractivity contribution is 1.14. The van der Waals surface area contributed by atoms with Gasteiger partial charge < -0.3 is 10.6 Å². The van der Waals surface area contributed by atoms with Crippen molar-refractivity contribution in [1.82, 2.24) is 0 Å². The van der Waals surface area contributed by atoms with Gasteiger partial charge in [0.25, 0.3) is 0 Å². The summed E-state index contributed by atoms with van der Waals surface area (Å²) in [6, 6.07) is 14.2. The van der Waals surface area contributed by atoms with E-state index in [1.54, 1.807) is 0 Å². The summed E-state index contributed by atoms with van der Waals surface area (Å²) in [5, 5.41) is 7.33. The number of anilines is 2. The molecule has 2 N–H and O–H groups in total. The van der Waals surface area contributed by atoms with Gasteiger partial charge in [-0.2, -0.15) is 0 Å². The van der Waals surface area contributed by atoms with E-state index in [1.165, 1.54) is 5.56 Å². The van der Waals surface area contributed by atoms with E-state index in [-0.39, 0.29) is 0 Å². The lowest BCUT2D eigenvalue weighted by Gasteiger charge is -2.10. The smallest absolute Gasteiger partial charge is 0.0410 e. The fourth-order valence-corrected chi connectivity index (χ4v) is 2.09. The van der Waals surface area contributed by atoms with E-state index >= 15 is 0 Å². The van der Waals surface area contributed by atoms with Gasteiger partial charge in [0.05, 0.1) is 0 Å². The fourth-order valence-electron chi connectivity index (χ4n) is 1.86. The quantitative estimate of drug-likeness (QED) is 0.856. The first-order valence-corrected chi connectivity index (χ1v) is 6.33. The van der Waals surface area contributed by atoms with Crippen LogP contribution in [0.3, 0.4) is 0 Å². The predicted molar refractivity (Wildman–Crippen MR) is 79.5 cm³/mol. The maximum absolute atomic E-state index is 5.94. The molecule has 18 heavy (non-hydrogen) atoms. The molecule has 0 aliphatic carbocycles. The normalized spacial score (nSPS) is 10.2. The van der Waals surface area contributed by atoms with Crippen LogP contribution in [-0.2, 0) is 6.54 Å². The molecule has 0 atom stereocenters. The summed E-state index contributed by atoms with van der Waals surface area (Å²) in [6.07, 6.45) is 0. The Morgan fingerprint density at radius 2 is 1.94 bits per heavy atom. The lowest BCUT2D eigenvalue weighted by Crippen LogP contribution is -2.01. The second-order valence-corrected chi connectivity index (χ2v) is 4.70. The van der Waals surface area contributed by atoms with Crippen molar-refractivity contribution in [2.75, 3.05) is 17.7 Å². The van der Waals surface area contributed by atoms with Crippen LogP contribution in [0.5, 0.6) is 0 Å². The molecule has 0 aliphatic heterocycles. The van der Waals surface area contributed by atoms with E-state index in [4.69, 9.17) is 11.6 Å². The third-order valence-corrected chi connectivity index (χ3v) is 3.12. The topological polar surface area (TPSA) is 24.1 Å². The Kier molecular flexibility index (Phi) is 4.11. The second kappa shape index (κ2) is 5.78. The largest absolute Gasteiger partial charge is 0.388 e. The van der Waals surface area contributed by atoms with Crippen molar-refractivity contribution in [3.05, 3.63) is 58.6 Å². The van der Waals surface area contributed by atoms with Crippen molar-refractivity contribution < 1.29 is 0 Å². The Labute approximate surface area is 113 Å². The zero-order valence-electron chi connectivity index (χ0n) is 10.6. The van der Waals surface area contributed by atoms with Crippen LogP contribution >= 0.6 is 11.6 Å². The Bertz CT molecular complexity index is 538. The number of nitrogens with one attached hydrogen (secondary N) is 2. The molecule has 2 rings (SSSR count). The molecule has 2 aromatic rings. The van der Waals surface area contributed by atoms with Crippen LogP contribution in [-0.4, -0.2) is 7.05 Å². The van der Waals surface area contributed by atoms with Gasteiger partial charge in [0.15, 0.2) is 0 Å². The summed E-state index contributed by atoms with van der Waals surface area (Å²) in [5.74, 6) is 0. The third kappa shape index (κ3) is 3.17. The van der Waals surface area contributed by atoms with Crippen molar-refractivity contribution in [3.63, 3.8) is 0 Å². The van der Waals surface area contributed by atoms with Gasteiger partial charge in [0.1, 0.15) is 0 Å². The first-order valence-electron chi connectivity index (χ1n) is 5.96. The highest BCUT2D eigenvalue weighted by atomic mass is 35.5. The molecule has 2 nitrogen and oxygen atoms in total. The van der Waals surface area contributed by atoms with E-state index in [9.17, 15) is 0 Å². The van der Waals surface area contributed by atoms with Crippen LogP contribution in [0.2, 0.25) is 5.02 Å². The highest BCUT2D eigenvalue weighted by molar-refractivity contribution is 6.30. The van der Waals surface area contributed by atoms with Crippen LogP contribution in [0.25, 0.3) is 0 Å². The van der Waals surface area contributed by atoms with Crippen molar-refractivity contribution in [2.45, 2.75) is 13.5 Å². The Morgan fingerprint density at radius 3 is 2.67 bits per heavy atom. The summed E-state index contributed by atoms with van der Waals surface area (Å²) >= 11 is 5.94. The standard InChI is InChI=1S/C15H17ClN2/c1-11-8-13(16)6-7-15(11)18-10-12-4-3-5-14(9-12)17-2/h3-9,17-18H,10H2,1-2H3. The lowest BCUT2D eigenvalue weighted by atomic mass is 10.1. The molecule has 0 aromatic heterocycles. The highest BCUT2D eigenvalue weighted by Gasteiger charge is 1.99. The number of aryl methyl sites for hydroxylation is 1. The molecule has 3 heteroatoms. The maximum Gasteiger partial charge on any atom is 0.0410 e. The average molecular weight is 261 g/mol. The average Bonchev–Trinajstić information content (AvgIpc) is 2.38. The third-order valence-electron chi connectivity index (χ3n) is 2.89. The molecular weight excluding hydrogens is 244 g/mol. The summed E-state index contributed by atoms with van der Waals surface area (Å²) in [4.78, 5) is 0. The minimum Gasteiger partial charge on any atom is -0.388 e. The Hall–Kier alpha value is -1.67. The molecule has 0 aliphatic rings. The fraction of sp³-hybridized carbons (Fsp3) is 0.200. The summed E-state index contributed by atoms with van der Waals surface area (Å²) < 4.78 is 0. The van der Waals surface area contributed by atoms with Crippen LogP contribution in [0.15, 0.2) is 42.5 Å². The maximum atomic E-state index is 5.94. The van der Waals surface area contributed by atoms with Crippen molar-refractivity contribution in [3.8, 4) is 0 Å². The number of hydrogen-bond donors (Lipinski definition) is 2. The number of hydrogen-bond acceptors (Lipinski definition) is 2. The molecule has 0 saturated carbocycles. The van der Waals surface area contributed by atoms with Gasteiger partial charge >= 0.3 is 0 Å². The van der Waals surface area contributed by atoms with Gasteiger partial charge in [-0.25, -0.2) is 0 Å². The monoisotopic (exact) mass is 260 g/mol. The SMILES string of the molecule is CNc1cccc(CNc2ccc(Cl)cc2C)c1. The first kappa shape index (κ1) is 12.8. The molecular formula is C15H17ClN2. The van der Waals surface area contributed by atoms with Gasteiger partial charge in [0.2, 0.25) is 0 Å². The molecule has 0 amide bonds. The van der Waals surface area contributed by atoms with Crippen LogP contribution in [0.1, 0.15) is 11.1 Å². The molecule has 0 spiro atoms. The van der Waals surface area contributed by atoms with Crippen LogP contribution in [0.4, 0.5) is 11.4 Å². The van der Waals surface area contributed by atoms with Crippen molar-refractivity contribution in [2.24, 2.45) is 0 Å². The molecule has 0 radical (unpaired) electrons. The molecule has 2 aromatic carbocycles. The molecule has 0 heterocycles. The first-order chi connectivity index (χ1) is 8.69. The summed E-state index contributed by atoms with van der Waals surface area (Å²) in [6.45, 7) is 2.86. The molecule has 0 saturated heterocycles. The van der Waals surface area contributed by atoms with Crippen LogP contribution < -0.4 is 10.6 Å². The molecule has 0 fully saturated rings. The number of halogens is 1. The molecule has 94 valence electrons. The zero-order chi connectivity index (χ0) is 13.0. The molecule has 0 bridgehead atoms. The van der Waals surface area contributed by atoms with Gasteiger partial charge in [-0.1, -0.05) is 23.7 Å². The second-order valence-electron chi connectivity index (χ2n) is 4.26. The number of rotatable bonds is 4. The van der Waals surface area contributed by atoms with E-state index in [0.29, 0.717) is 0 Å². The van der Waals surface area contributed by atoms with Gasteiger partial charge in [-0.05, 0) is 48.4 Å². The van der Waals surface area contributed by atoms with Crippen molar-refractivity contribution in [1.29, 1.82) is 0 Å². The van der Waals surface area contributed by atoms with E-state index < -0.39 is 0 Å². The zero-order valence-corrected chi connectivity index (χ0v) is 11.4. The highest BCUT2D eigenvalue weighted by Crippen LogP contribution is 2.20. The minimum absolute atomic E-state index is 0.773. The predicted octanol–water partition coefficient (Wildman–Crippen LogP) is 4.30. The van der Waals surface area contributed by atoms with Gasteiger partial charge in [0, 0.05) is 30.0 Å². The van der Waals surface area contributed by atoms with E-state index in [0.717, 1.165) is 28.5 Å². The number of benzene rings is 2. The summed E-state index contributed by atoms with van der Waals surface area (Å²) in [7, 11) is 1.93. The minimum atomic E-state index is 0.773.